The SMILES string of the molecule is O=C(O)c1ccc(N2CCC[C@H](Nc3ncccn3)C2)cc1C(F)(F)F. The number of hydrogen-bond acceptors (Lipinski definition) is 5. The van der Waals surface area contributed by atoms with E-state index in [1.54, 1.807) is 18.5 Å². The van der Waals surface area contributed by atoms with Crippen molar-refractivity contribution in [2.24, 2.45) is 0 Å². The van der Waals surface area contributed by atoms with Gasteiger partial charge in [0.25, 0.3) is 0 Å². The van der Waals surface area contributed by atoms with Crippen LogP contribution in [0.5, 0.6) is 0 Å². The third kappa shape index (κ3) is 4.04. The van der Waals surface area contributed by atoms with Crippen molar-refractivity contribution < 1.29 is 23.1 Å². The van der Waals surface area contributed by atoms with E-state index in [-0.39, 0.29) is 6.04 Å². The van der Waals surface area contributed by atoms with Gasteiger partial charge in [-0.15, -0.1) is 0 Å². The molecular formula is C17H17F3N4O2. The van der Waals surface area contributed by atoms with Gasteiger partial charge < -0.3 is 15.3 Å². The molecule has 0 bridgehead atoms. The number of alkyl halides is 3. The Kier molecular flexibility index (Phi) is 4.97. The van der Waals surface area contributed by atoms with Crippen molar-refractivity contribution in [3.05, 3.63) is 47.8 Å². The van der Waals surface area contributed by atoms with Crippen molar-refractivity contribution in [3.63, 3.8) is 0 Å². The van der Waals surface area contributed by atoms with Gasteiger partial charge >= 0.3 is 12.1 Å². The quantitative estimate of drug-likeness (QED) is 0.865. The van der Waals surface area contributed by atoms with E-state index < -0.39 is 23.3 Å². The fraction of sp³-hybridized carbons (Fsp3) is 0.353. The van der Waals surface area contributed by atoms with Crippen molar-refractivity contribution in [2.75, 3.05) is 23.3 Å². The van der Waals surface area contributed by atoms with E-state index in [1.807, 2.05) is 4.90 Å². The summed E-state index contributed by atoms with van der Waals surface area (Å²) in [6.45, 7) is 1.07. The predicted octanol–water partition coefficient (Wildman–Crippen LogP) is 3.27. The molecule has 0 saturated carbocycles. The Morgan fingerprint density at radius 2 is 2.00 bits per heavy atom. The fourth-order valence-corrected chi connectivity index (χ4v) is 3.04. The number of anilines is 2. The first-order valence-corrected chi connectivity index (χ1v) is 8.07. The number of piperidine rings is 1. The van der Waals surface area contributed by atoms with Crippen LogP contribution in [0.25, 0.3) is 0 Å². The van der Waals surface area contributed by atoms with Crippen LogP contribution in [-0.2, 0) is 6.18 Å². The molecule has 1 fully saturated rings. The lowest BCUT2D eigenvalue weighted by Gasteiger charge is -2.35. The summed E-state index contributed by atoms with van der Waals surface area (Å²) in [6.07, 6.45) is 0.113. The number of carboxylic acids is 1. The number of nitrogens with zero attached hydrogens (tertiary/aromatic N) is 3. The molecule has 6 nitrogen and oxygen atoms in total. The van der Waals surface area contributed by atoms with Gasteiger partial charge in [0, 0.05) is 37.2 Å². The van der Waals surface area contributed by atoms with Gasteiger partial charge in [0.05, 0.1) is 11.1 Å². The third-order valence-electron chi connectivity index (χ3n) is 4.22. The maximum absolute atomic E-state index is 13.2. The summed E-state index contributed by atoms with van der Waals surface area (Å²) in [5.41, 5.74) is -1.53. The summed E-state index contributed by atoms with van der Waals surface area (Å²) in [5.74, 6) is -1.13. The molecule has 2 heterocycles. The van der Waals surface area contributed by atoms with E-state index in [9.17, 15) is 18.0 Å². The van der Waals surface area contributed by atoms with Gasteiger partial charge in [-0.25, -0.2) is 14.8 Å². The molecule has 2 aromatic rings. The average Bonchev–Trinajstić information content (AvgIpc) is 2.61. The van der Waals surface area contributed by atoms with Gasteiger partial charge in [-0.3, -0.25) is 0 Å². The number of aromatic carboxylic acids is 1. The molecule has 138 valence electrons. The molecule has 2 N–H and O–H groups in total. The highest BCUT2D eigenvalue weighted by molar-refractivity contribution is 5.90. The largest absolute Gasteiger partial charge is 0.478 e. The van der Waals surface area contributed by atoms with Gasteiger partial charge in [0.2, 0.25) is 5.95 Å². The Bertz CT molecular complexity index is 783. The van der Waals surface area contributed by atoms with Crippen LogP contribution in [0.15, 0.2) is 36.7 Å². The Morgan fingerprint density at radius 1 is 1.27 bits per heavy atom. The topological polar surface area (TPSA) is 78.4 Å². The van der Waals surface area contributed by atoms with E-state index in [0.717, 1.165) is 25.0 Å². The number of carbonyl (C=O) groups is 1. The minimum absolute atomic E-state index is 0.0142. The second-order valence-electron chi connectivity index (χ2n) is 6.03. The highest BCUT2D eigenvalue weighted by atomic mass is 19.4. The van der Waals surface area contributed by atoms with Crippen LogP contribution in [0.1, 0.15) is 28.8 Å². The highest BCUT2D eigenvalue weighted by Gasteiger charge is 2.36. The first-order valence-electron chi connectivity index (χ1n) is 8.07. The minimum Gasteiger partial charge on any atom is -0.478 e. The lowest BCUT2D eigenvalue weighted by Crippen LogP contribution is -2.42. The molecule has 1 saturated heterocycles. The number of rotatable bonds is 4. The zero-order chi connectivity index (χ0) is 18.7. The molecule has 0 spiro atoms. The molecule has 1 aromatic heterocycles. The lowest BCUT2D eigenvalue weighted by molar-refractivity contribution is -0.138. The second-order valence-corrected chi connectivity index (χ2v) is 6.03. The van der Waals surface area contributed by atoms with Crippen LogP contribution >= 0.6 is 0 Å². The predicted molar refractivity (Wildman–Crippen MR) is 89.3 cm³/mol. The van der Waals surface area contributed by atoms with Crippen LogP contribution in [0.4, 0.5) is 24.8 Å². The van der Waals surface area contributed by atoms with Crippen LogP contribution in [0, 0.1) is 0 Å². The van der Waals surface area contributed by atoms with Gasteiger partial charge in [-0.05, 0) is 37.1 Å². The summed E-state index contributed by atoms with van der Waals surface area (Å²) in [7, 11) is 0. The second kappa shape index (κ2) is 7.19. The Morgan fingerprint density at radius 3 is 2.65 bits per heavy atom. The Balaban J connectivity index is 1.81. The molecule has 1 aromatic carbocycles. The molecule has 0 aliphatic carbocycles. The summed E-state index contributed by atoms with van der Waals surface area (Å²) in [4.78, 5) is 21.1. The van der Waals surface area contributed by atoms with Crippen LogP contribution in [0.3, 0.4) is 0 Å². The van der Waals surface area contributed by atoms with Gasteiger partial charge in [0.15, 0.2) is 0 Å². The average molecular weight is 366 g/mol. The number of carboxylic acid groups (broad SMARTS) is 1. The van der Waals surface area contributed by atoms with Crippen molar-refractivity contribution in [1.82, 2.24) is 9.97 Å². The molecule has 0 amide bonds. The van der Waals surface area contributed by atoms with Crippen molar-refractivity contribution in [3.8, 4) is 0 Å². The van der Waals surface area contributed by atoms with Crippen LogP contribution < -0.4 is 10.2 Å². The summed E-state index contributed by atoms with van der Waals surface area (Å²) < 4.78 is 39.6. The number of nitrogens with one attached hydrogen (secondary N) is 1. The molecule has 3 rings (SSSR count). The minimum atomic E-state index is -4.73. The molecule has 9 heteroatoms. The first kappa shape index (κ1) is 18.0. The summed E-state index contributed by atoms with van der Waals surface area (Å²) in [5, 5.41) is 12.2. The molecule has 1 aliphatic rings. The number of aromatic nitrogens is 2. The number of benzene rings is 1. The van der Waals surface area contributed by atoms with Crippen LogP contribution in [0.2, 0.25) is 0 Å². The van der Waals surface area contributed by atoms with Gasteiger partial charge in [-0.1, -0.05) is 0 Å². The molecule has 26 heavy (non-hydrogen) atoms. The summed E-state index contributed by atoms with van der Waals surface area (Å²) >= 11 is 0. The maximum atomic E-state index is 13.2. The van der Waals surface area contributed by atoms with E-state index in [4.69, 9.17) is 5.11 Å². The summed E-state index contributed by atoms with van der Waals surface area (Å²) in [6, 6.07) is 5.02. The lowest BCUT2D eigenvalue weighted by atomic mass is 10.0. The smallest absolute Gasteiger partial charge is 0.417 e. The normalized spacial score (nSPS) is 17.8. The standard InChI is InChI=1S/C17H17F3N4O2/c18-17(19,20)14-9-12(4-5-13(14)15(25)26)24-8-1-3-11(10-24)23-16-21-6-2-7-22-16/h2,4-7,9,11H,1,3,8,10H2,(H,25,26)(H,21,22,23)/t11-/m0/s1. The van der Waals surface area contributed by atoms with E-state index >= 15 is 0 Å². The third-order valence-corrected chi connectivity index (χ3v) is 4.22. The zero-order valence-corrected chi connectivity index (χ0v) is 13.7. The van der Waals surface area contributed by atoms with E-state index in [2.05, 4.69) is 15.3 Å². The molecule has 1 aliphatic heterocycles. The molecule has 0 radical (unpaired) electrons. The highest BCUT2D eigenvalue weighted by Crippen LogP contribution is 2.35. The number of hydrogen-bond donors (Lipinski definition) is 2. The maximum Gasteiger partial charge on any atom is 0.417 e. The number of halogens is 3. The Hall–Kier alpha value is -2.84. The first-order chi connectivity index (χ1) is 12.3. The molecular weight excluding hydrogens is 349 g/mol. The van der Waals surface area contributed by atoms with E-state index in [1.165, 1.54) is 6.07 Å². The fourth-order valence-electron chi connectivity index (χ4n) is 3.04. The molecule has 0 unspecified atom stereocenters. The van der Waals surface area contributed by atoms with E-state index in [0.29, 0.717) is 24.7 Å². The van der Waals surface area contributed by atoms with Crippen molar-refractivity contribution >= 4 is 17.6 Å². The van der Waals surface area contributed by atoms with Crippen molar-refractivity contribution in [2.45, 2.75) is 25.1 Å². The Labute approximate surface area is 147 Å². The van der Waals surface area contributed by atoms with Crippen molar-refractivity contribution in [1.29, 1.82) is 0 Å². The van der Waals surface area contributed by atoms with Crippen LogP contribution in [-0.4, -0.2) is 40.2 Å². The monoisotopic (exact) mass is 366 g/mol. The molecule has 1 atom stereocenters. The van der Waals surface area contributed by atoms with Gasteiger partial charge in [0.1, 0.15) is 0 Å². The van der Waals surface area contributed by atoms with Gasteiger partial charge in [-0.2, -0.15) is 13.2 Å². The zero-order valence-electron chi connectivity index (χ0n) is 13.7.